The van der Waals surface area contributed by atoms with Gasteiger partial charge in [-0.05, 0) is 18.6 Å². The zero-order valence-corrected chi connectivity index (χ0v) is 15.7. The molecule has 140 valence electrons. The summed E-state index contributed by atoms with van der Waals surface area (Å²) in [4.78, 5) is 16.0. The van der Waals surface area contributed by atoms with E-state index in [0.29, 0.717) is 26.2 Å². The molecule has 1 aliphatic heterocycles. The maximum absolute atomic E-state index is 12.2. The van der Waals surface area contributed by atoms with Crippen molar-refractivity contribution in [2.75, 3.05) is 54.9 Å². The van der Waals surface area contributed by atoms with Gasteiger partial charge in [0.2, 0.25) is 15.9 Å². The maximum Gasteiger partial charge on any atom is 0.223 e. The molecule has 1 aliphatic rings. The second-order valence-electron chi connectivity index (χ2n) is 5.97. The average molecular weight is 369 g/mol. The van der Waals surface area contributed by atoms with E-state index in [-0.39, 0.29) is 18.2 Å². The standard InChI is InChI=1S/C17H27N3O4S/c1-3-14-25(22,23)18-8-9-20(15(2)21)17-7-5-4-6-16(17)19-10-12-24-13-11-19/h4-7,18H,3,8-14H2,1-2H3. The summed E-state index contributed by atoms with van der Waals surface area (Å²) in [6.45, 7) is 6.66. The molecule has 0 radical (unpaired) electrons. The summed E-state index contributed by atoms with van der Waals surface area (Å²) in [6, 6.07) is 7.71. The summed E-state index contributed by atoms with van der Waals surface area (Å²) in [5.74, 6) is -0.0207. The number of ether oxygens (including phenoxy) is 1. The van der Waals surface area contributed by atoms with Crippen molar-refractivity contribution in [3.63, 3.8) is 0 Å². The lowest BCUT2D eigenvalue weighted by Crippen LogP contribution is -2.41. The number of amides is 1. The van der Waals surface area contributed by atoms with Crippen LogP contribution in [0, 0.1) is 0 Å². The number of sulfonamides is 1. The SMILES string of the molecule is CCCS(=O)(=O)NCCN(C(C)=O)c1ccccc1N1CCOCC1. The van der Waals surface area contributed by atoms with E-state index in [1.54, 1.807) is 4.90 Å². The molecule has 0 saturated carbocycles. The maximum atomic E-state index is 12.2. The fourth-order valence-electron chi connectivity index (χ4n) is 2.87. The van der Waals surface area contributed by atoms with Crippen molar-refractivity contribution < 1.29 is 17.9 Å². The highest BCUT2D eigenvalue weighted by Crippen LogP contribution is 2.29. The first-order valence-electron chi connectivity index (χ1n) is 8.62. The number of hydrogen-bond acceptors (Lipinski definition) is 5. The Morgan fingerprint density at radius 1 is 1.28 bits per heavy atom. The zero-order valence-electron chi connectivity index (χ0n) is 14.9. The van der Waals surface area contributed by atoms with E-state index in [1.807, 2.05) is 31.2 Å². The minimum Gasteiger partial charge on any atom is -0.378 e. The number of nitrogens with one attached hydrogen (secondary N) is 1. The summed E-state index contributed by atoms with van der Waals surface area (Å²) < 4.78 is 31.5. The Morgan fingerprint density at radius 2 is 1.96 bits per heavy atom. The molecule has 0 unspecified atom stereocenters. The number of carbonyl (C=O) groups is 1. The molecule has 0 aromatic heterocycles. The molecule has 7 nitrogen and oxygen atoms in total. The van der Waals surface area contributed by atoms with Gasteiger partial charge in [-0.2, -0.15) is 0 Å². The van der Waals surface area contributed by atoms with Crippen LogP contribution in [-0.2, 0) is 19.6 Å². The van der Waals surface area contributed by atoms with Gasteiger partial charge >= 0.3 is 0 Å². The zero-order chi connectivity index (χ0) is 18.3. The van der Waals surface area contributed by atoms with Crippen LogP contribution in [0.4, 0.5) is 11.4 Å². The third-order valence-corrected chi connectivity index (χ3v) is 5.62. The van der Waals surface area contributed by atoms with Gasteiger partial charge in [-0.1, -0.05) is 19.1 Å². The first-order chi connectivity index (χ1) is 11.9. The second-order valence-corrected chi connectivity index (χ2v) is 7.90. The second kappa shape index (κ2) is 9.17. The van der Waals surface area contributed by atoms with Gasteiger partial charge in [0.25, 0.3) is 0 Å². The van der Waals surface area contributed by atoms with Crippen molar-refractivity contribution in [3.8, 4) is 0 Å². The smallest absolute Gasteiger partial charge is 0.223 e. The molecule has 1 N–H and O–H groups in total. The van der Waals surface area contributed by atoms with E-state index in [9.17, 15) is 13.2 Å². The van der Waals surface area contributed by atoms with E-state index in [2.05, 4.69) is 9.62 Å². The molecule has 1 fully saturated rings. The quantitative estimate of drug-likeness (QED) is 0.745. The van der Waals surface area contributed by atoms with Crippen LogP contribution in [0.3, 0.4) is 0 Å². The van der Waals surface area contributed by atoms with E-state index in [4.69, 9.17) is 4.74 Å². The van der Waals surface area contributed by atoms with Gasteiger partial charge in [0.05, 0.1) is 30.3 Å². The molecule has 0 spiro atoms. The van der Waals surface area contributed by atoms with Crippen molar-refractivity contribution in [2.45, 2.75) is 20.3 Å². The summed E-state index contributed by atoms with van der Waals surface area (Å²) >= 11 is 0. The van der Waals surface area contributed by atoms with E-state index < -0.39 is 10.0 Å². The van der Waals surface area contributed by atoms with E-state index >= 15 is 0 Å². The van der Waals surface area contributed by atoms with E-state index in [0.717, 1.165) is 24.5 Å². The third-order valence-electron chi connectivity index (χ3n) is 4.03. The van der Waals surface area contributed by atoms with Gasteiger partial charge in [0, 0.05) is 33.1 Å². The molecule has 1 heterocycles. The van der Waals surface area contributed by atoms with Crippen molar-refractivity contribution in [1.29, 1.82) is 0 Å². The van der Waals surface area contributed by atoms with Crippen LogP contribution in [0.25, 0.3) is 0 Å². The summed E-state index contributed by atoms with van der Waals surface area (Å²) in [5.41, 5.74) is 1.77. The largest absolute Gasteiger partial charge is 0.378 e. The first-order valence-corrected chi connectivity index (χ1v) is 10.3. The molecule has 8 heteroatoms. The summed E-state index contributed by atoms with van der Waals surface area (Å²) in [6.07, 6.45) is 0.561. The van der Waals surface area contributed by atoms with Crippen LogP contribution in [0.2, 0.25) is 0 Å². The molecule has 0 bridgehead atoms. The van der Waals surface area contributed by atoms with Crippen LogP contribution >= 0.6 is 0 Å². The normalized spacial score (nSPS) is 15.2. The van der Waals surface area contributed by atoms with Crippen LogP contribution in [0.15, 0.2) is 24.3 Å². The fraction of sp³-hybridized carbons (Fsp3) is 0.588. The number of morpholine rings is 1. The van der Waals surface area contributed by atoms with Gasteiger partial charge in [0.1, 0.15) is 0 Å². The van der Waals surface area contributed by atoms with Crippen LogP contribution in [0.1, 0.15) is 20.3 Å². The molecule has 1 aromatic rings. The number of benzene rings is 1. The number of para-hydroxylation sites is 2. The van der Waals surface area contributed by atoms with Crippen LogP contribution in [0.5, 0.6) is 0 Å². The monoisotopic (exact) mass is 369 g/mol. The Morgan fingerprint density at radius 3 is 2.60 bits per heavy atom. The van der Waals surface area contributed by atoms with Crippen molar-refractivity contribution in [3.05, 3.63) is 24.3 Å². The third kappa shape index (κ3) is 5.69. The van der Waals surface area contributed by atoms with Gasteiger partial charge in [-0.25, -0.2) is 13.1 Å². The van der Waals surface area contributed by atoms with Crippen LogP contribution < -0.4 is 14.5 Å². The number of carbonyl (C=O) groups excluding carboxylic acids is 1. The number of hydrogen-bond donors (Lipinski definition) is 1. The van der Waals surface area contributed by atoms with Gasteiger partial charge in [-0.3, -0.25) is 4.79 Å². The van der Waals surface area contributed by atoms with Crippen molar-refractivity contribution in [2.24, 2.45) is 0 Å². The lowest BCUT2D eigenvalue weighted by atomic mass is 10.2. The fourth-order valence-corrected chi connectivity index (χ4v) is 3.95. The molecule has 1 amide bonds. The Balaban J connectivity index is 2.13. The Bertz CT molecular complexity index is 672. The molecule has 2 rings (SSSR count). The Hall–Kier alpha value is -1.64. The highest BCUT2D eigenvalue weighted by Gasteiger charge is 2.20. The molecule has 1 saturated heterocycles. The molecule has 0 atom stereocenters. The summed E-state index contributed by atoms with van der Waals surface area (Å²) in [5, 5.41) is 0. The molecular weight excluding hydrogens is 342 g/mol. The number of rotatable bonds is 8. The average Bonchev–Trinajstić information content (AvgIpc) is 2.59. The van der Waals surface area contributed by atoms with Crippen LogP contribution in [-0.4, -0.2) is 59.5 Å². The first kappa shape index (κ1) is 19.7. The van der Waals surface area contributed by atoms with Crippen molar-refractivity contribution in [1.82, 2.24) is 4.72 Å². The molecule has 0 aliphatic carbocycles. The Labute approximate surface area is 150 Å². The minimum absolute atomic E-state index is 0.0947. The lowest BCUT2D eigenvalue weighted by Gasteiger charge is -2.33. The predicted molar refractivity (Wildman–Crippen MR) is 99.6 cm³/mol. The number of anilines is 2. The Kier molecular flexibility index (Phi) is 7.22. The van der Waals surface area contributed by atoms with Gasteiger partial charge in [-0.15, -0.1) is 0 Å². The van der Waals surface area contributed by atoms with Gasteiger partial charge < -0.3 is 14.5 Å². The highest BCUT2D eigenvalue weighted by atomic mass is 32.2. The van der Waals surface area contributed by atoms with Gasteiger partial charge in [0.15, 0.2) is 0 Å². The minimum atomic E-state index is -3.28. The number of nitrogens with zero attached hydrogens (tertiary/aromatic N) is 2. The topological polar surface area (TPSA) is 79.0 Å². The van der Waals surface area contributed by atoms with E-state index in [1.165, 1.54) is 6.92 Å². The molecule has 25 heavy (non-hydrogen) atoms. The van der Waals surface area contributed by atoms with Crippen molar-refractivity contribution >= 4 is 27.3 Å². The molecular formula is C17H27N3O4S. The summed E-state index contributed by atoms with van der Waals surface area (Å²) in [7, 11) is -3.28. The predicted octanol–water partition coefficient (Wildman–Crippen LogP) is 1.21. The molecule has 1 aromatic carbocycles. The highest BCUT2D eigenvalue weighted by molar-refractivity contribution is 7.89. The lowest BCUT2D eigenvalue weighted by molar-refractivity contribution is -0.116.